The van der Waals surface area contributed by atoms with Gasteiger partial charge in [0, 0.05) is 50.1 Å². The van der Waals surface area contributed by atoms with Gasteiger partial charge < -0.3 is 4.57 Å². The number of para-hydroxylation sites is 2. The van der Waals surface area contributed by atoms with Gasteiger partial charge in [-0.1, -0.05) is 115 Å². The van der Waals surface area contributed by atoms with Gasteiger partial charge in [0.1, 0.15) is 11.1 Å². The van der Waals surface area contributed by atoms with Crippen molar-refractivity contribution in [3.8, 4) is 11.1 Å². The van der Waals surface area contributed by atoms with Crippen molar-refractivity contribution < 1.29 is 4.57 Å². The predicted molar refractivity (Wildman–Crippen MR) is 203 cm³/mol. The van der Waals surface area contributed by atoms with E-state index >= 15 is 4.57 Å². The summed E-state index contributed by atoms with van der Waals surface area (Å²) in [4.78, 5) is 14.5. The lowest BCUT2D eigenvalue weighted by molar-refractivity contribution is 0.592. The van der Waals surface area contributed by atoms with Gasteiger partial charge in [-0.25, -0.2) is 4.98 Å². The van der Waals surface area contributed by atoms with Crippen LogP contribution in [0, 0.1) is 0 Å². The van der Waals surface area contributed by atoms with E-state index in [1.54, 1.807) is 6.20 Å². The number of rotatable bonds is 4. The third kappa shape index (κ3) is 4.19. The Kier molecular flexibility index (Phi) is 6.08. The van der Waals surface area contributed by atoms with E-state index in [1.165, 1.54) is 10.8 Å². The molecule has 6 aromatic carbocycles. The highest BCUT2D eigenvalue weighted by atomic mass is 31.2. The normalized spacial score (nSPS) is 13.1. The van der Waals surface area contributed by atoms with Crippen LogP contribution in [0.5, 0.6) is 0 Å². The maximum absolute atomic E-state index is 15.2. The van der Waals surface area contributed by atoms with Crippen LogP contribution in [0.15, 0.2) is 164 Å². The minimum atomic E-state index is -3.28. The number of nitrogens with zero attached hydrogens (tertiary/aromatic N) is 4. The van der Waals surface area contributed by atoms with Crippen molar-refractivity contribution in [2.75, 3.05) is 0 Å². The van der Waals surface area contributed by atoms with Gasteiger partial charge in [0.15, 0.2) is 7.14 Å². The number of benzene rings is 6. The smallest absolute Gasteiger partial charge is 0.188 e. The summed E-state index contributed by atoms with van der Waals surface area (Å²) in [6.45, 7) is 0. The molecule has 0 amide bonds. The molecule has 5 nitrogen and oxygen atoms in total. The van der Waals surface area contributed by atoms with E-state index in [0.29, 0.717) is 10.7 Å². The van der Waals surface area contributed by atoms with E-state index in [1.807, 2.05) is 85.1 Å². The molecule has 0 aliphatic carbocycles. The van der Waals surface area contributed by atoms with Crippen molar-refractivity contribution in [1.82, 2.24) is 19.4 Å². The monoisotopic (exact) mass is 646 g/mol. The van der Waals surface area contributed by atoms with Gasteiger partial charge in [-0.05, 0) is 52.7 Å². The lowest BCUT2D eigenvalue weighted by Crippen LogP contribution is -2.27. The largest absolute Gasteiger partial charge is 0.307 e. The number of pyridine rings is 3. The molecule has 0 N–H and O–H groups in total. The Labute approximate surface area is 281 Å². The van der Waals surface area contributed by atoms with Crippen LogP contribution in [0.1, 0.15) is 0 Å². The standard InChI is InChI=1S/C43H27N4OP/c48-49(32-10-2-1-3-11-32,33-20-16-28-9-8-24-44-39(28)26-33)41-23-19-31(27-45-41)29-17-21-34-30(25-29)18-22-36-35-12-4-5-13-37(35)43-46-38-14-6-7-15-40(38)47(43)42(34)36/h1-27H. The first-order valence-corrected chi connectivity index (χ1v) is 18.0. The van der Waals surface area contributed by atoms with E-state index < -0.39 is 7.14 Å². The Morgan fingerprint density at radius 2 is 1.29 bits per heavy atom. The summed E-state index contributed by atoms with van der Waals surface area (Å²) < 4.78 is 17.5. The molecule has 0 fully saturated rings. The molecule has 0 aliphatic heterocycles. The van der Waals surface area contributed by atoms with Crippen LogP contribution in [-0.4, -0.2) is 19.4 Å². The fourth-order valence-corrected chi connectivity index (χ4v) is 9.86. The molecule has 0 saturated heterocycles. The molecule has 6 heteroatoms. The van der Waals surface area contributed by atoms with E-state index in [0.717, 1.165) is 65.7 Å². The highest BCUT2D eigenvalue weighted by Crippen LogP contribution is 2.43. The molecular weight excluding hydrogens is 619 g/mol. The van der Waals surface area contributed by atoms with Gasteiger partial charge >= 0.3 is 0 Å². The van der Waals surface area contributed by atoms with Crippen molar-refractivity contribution in [2.45, 2.75) is 0 Å². The Morgan fingerprint density at radius 1 is 0.510 bits per heavy atom. The van der Waals surface area contributed by atoms with Crippen molar-refractivity contribution in [3.05, 3.63) is 164 Å². The summed E-state index contributed by atoms with van der Waals surface area (Å²) >= 11 is 0. The van der Waals surface area contributed by atoms with Gasteiger partial charge in [0.25, 0.3) is 0 Å². The van der Waals surface area contributed by atoms with Crippen LogP contribution < -0.4 is 16.0 Å². The molecule has 10 aromatic rings. The highest BCUT2D eigenvalue weighted by molar-refractivity contribution is 7.85. The molecule has 49 heavy (non-hydrogen) atoms. The van der Waals surface area contributed by atoms with Crippen LogP contribution >= 0.6 is 7.14 Å². The Balaban J connectivity index is 1.13. The van der Waals surface area contributed by atoms with Gasteiger partial charge in [-0.2, -0.15) is 0 Å². The van der Waals surface area contributed by atoms with Crippen molar-refractivity contribution in [3.63, 3.8) is 0 Å². The average molecular weight is 647 g/mol. The lowest BCUT2D eigenvalue weighted by atomic mass is 9.98. The maximum Gasteiger partial charge on any atom is 0.188 e. The van der Waals surface area contributed by atoms with E-state index in [2.05, 4.69) is 82.2 Å². The topological polar surface area (TPSA) is 60.2 Å². The Bertz CT molecular complexity index is 2970. The van der Waals surface area contributed by atoms with Gasteiger partial charge in [-0.3, -0.25) is 14.4 Å². The quantitative estimate of drug-likeness (QED) is 0.141. The Morgan fingerprint density at radius 3 is 2.16 bits per heavy atom. The number of hydrogen-bond donors (Lipinski definition) is 0. The molecule has 4 aromatic heterocycles. The van der Waals surface area contributed by atoms with Crippen LogP contribution in [0.3, 0.4) is 0 Å². The molecule has 4 heterocycles. The average Bonchev–Trinajstić information content (AvgIpc) is 3.57. The van der Waals surface area contributed by atoms with Crippen LogP contribution in [-0.2, 0) is 4.57 Å². The van der Waals surface area contributed by atoms with Crippen LogP contribution in [0.2, 0.25) is 0 Å². The first kappa shape index (κ1) is 27.9. The molecule has 0 aliphatic rings. The van der Waals surface area contributed by atoms with Gasteiger partial charge in [-0.15, -0.1) is 0 Å². The molecule has 230 valence electrons. The summed E-state index contributed by atoms with van der Waals surface area (Å²) in [6.07, 6.45) is 3.61. The number of aromatic nitrogens is 4. The van der Waals surface area contributed by atoms with Gasteiger partial charge in [0.2, 0.25) is 0 Å². The zero-order valence-electron chi connectivity index (χ0n) is 26.2. The first-order valence-electron chi connectivity index (χ1n) is 16.3. The summed E-state index contributed by atoms with van der Waals surface area (Å²) in [6, 6.07) is 51.3. The van der Waals surface area contributed by atoms with Crippen LogP contribution in [0.25, 0.3) is 71.2 Å². The second-order valence-corrected chi connectivity index (χ2v) is 15.1. The maximum atomic E-state index is 15.2. The molecule has 0 spiro atoms. The summed E-state index contributed by atoms with van der Waals surface area (Å²) in [5.41, 5.74) is 7.54. The number of hydrogen-bond acceptors (Lipinski definition) is 4. The number of imidazole rings is 1. The minimum absolute atomic E-state index is 0.547. The fraction of sp³-hybridized carbons (Fsp3) is 0. The van der Waals surface area contributed by atoms with E-state index in [9.17, 15) is 0 Å². The molecule has 0 radical (unpaired) electrons. The second kappa shape index (κ2) is 10.7. The SMILES string of the molecule is O=P(c1ccccc1)(c1ccc2cccnc2c1)c1ccc(-c2ccc3c(ccc4c5ccccc5c5nc6ccccc6n5c34)c2)cn1. The third-order valence-corrected chi connectivity index (χ3v) is 12.7. The summed E-state index contributed by atoms with van der Waals surface area (Å²) in [5.74, 6) is 0. The zero-order chi connectivity index (χ0) is 32.5. The lowest BCUT2D eigenvalue weighted by Gasteiger charge is -2.19. The highest BCUT2D eigenvalue weighted by Gasteiger charge is 2.31. The van der Waals surface area contributed by atoms with Crippen LogP contribution in [0.4, 0.5) is 0 Å². The molecule has 1 atom stereocenters. The fourth-order valence-electron chi connectivity index (χ4n) is 7.34. The molecule has 0 saturated carbocycles. The first-order chi connectivity index (χ1) is 24.2. The molecular formula is C43H27N4OP. The minimum Gasteiger partial charge on any atom is -0.307 e. The number of fused-ring (bicyclic) bond motifs is 11. The summed E-state index contributed by atoms with van der Waals surface area (Å²) in [7, 11) is -3.28. The molecule has 1 unspecified atom stereocenters. The Hall–Kier alpha value is -6.16. The van der Waals surface area contributed by atoms with E-state index in [-0.39, 0.29) is 0 Å². The van der Waals surface area contributed by atoms with Gasteiger partial charge in [0.05, 0.1) is 22.1 Å². The summed E-state index contributed by atoms with van der Waals surface area (Å²) in [5, 5.41) is 8.27. The van der Waals surface area contributed by atoms with E-state index in [4.69, 9.17) is 9.97 Å². The van der Waals surface area contributed by atoms with Crippen molar-refractivity contribution in [1.29, 1.82) is 0 Å². The zero-order valence-corrected chi connectivity index (χ0v) is 27.1. The predicted octanol–water partition coefficient (Wildman–Crippen LogP) is 9.20. The molecule has 10 rings (SSSR count). The van der Waals surface area contributed by atoms with Crippen molar-refractivity contribution >= 4 is 83.2 Å². The third-order valence-electron chi connectivity index (χ3n) is 9.71. The second-order valence-electron chi connectivity index (χ2n) is 12.4. The van der Waals surface area contributed by atoms with Crippen molar-refractivity contribution in [2.24, 2.45) is 0 Å². The molecule has 0 bridgehead atoms.